The van der Waals surface area contributed by atoms with Crippen LogP contribution in [0.1, 0.15) is 28.9 Å². The Morgan fingerprint density at radius 1 is 1.00 bits per heavy atom. The second kappa shape index (κ2) is 9.19. The predicted molar refractivity (Wildman–Crippen MR) is 118 cm³/mol. The maximum absolute atomic E-state index is 12.8. The molecule has 0 aliphatic heterocycles. The average Bonchev–Trinajstić information content (AvgIpc) is 2.75. The van der Waals surface area contributed by atoms with E-state index in [1.54, 1.807) is 25.3 Å². The van der Waals surface area contributed by atoms with Gasteiger partial charge in [0.1, 0.15) is 5.75 Å². The van der Waals surface area contributed by atoms with Gasteiger partial charge >= 0.3 is 0 Å². The van der Waals surface area contributed by atoms with Crippen LogP contribution in [-0.2, 0) is 10.0 Å². The first-order valence-corrected chi connectivity index (χ1v) is 11.0. The summed E-state index contributed by atoms with van der Waals surface area (Å²) in [6, 6.07) is 19.4. The maximum Gasteiger partial charge on any atom is 0.261 e. The molecule has 1 amide bonds. The number of halogens is 1. The zero-order valence-corrected chi connectivity index (χ0v) is 18.0. The highest BCUT2D eigenvalue weighted by atomic mass is 35.5. The number of amides is 1. The van der Waals surface area contributed by atoms with Crippen molar-refractivity contribution in [3.05, 3.63) is 88.9 Å². The Morgan fingerprint density at radius 2 is 1.67 bits per heavy atom. The Kier molecular flexibility index (Phi) is 6.64. The molecule has 0 bridgehead atoms. The van der Waals surface area contributed by atoms with Crippen LogP contribution in [0.4, 0.5) is 5.69 Å². The van der Waals surface area contributed by atoms with Crippen molar-refractivity contribution >= 4 is 33.2 Å². The Labute approximate surface area is 180 Å². The molecule has 0 aromatic heterocycles. The minimum atomic E-state index is -3.78. The topological polar surface area (TPSA) is 84.5 Å². The van der Waals surface area contributed by atoms with Gasteiger partial charge in [-0.15, -0.1) is 0 Å². The fourth-order valence-corrected chi connectivity index (χ4v) is 4.10. The third kappa shape index (κ3) is 5.11. The molecule has 30 heavy (non-hydrogen) atoms. The van der Waals surface area contributed by atoms with Crippen molar-refractivity contribution < 1.29 is 17.9 Å². The summed E-state index contributed by atoms with van der Waals surface area (Å²) in [6.45, 7) is 1.84. The molecule has 0 unspecified atom stereocenters. The summed E-state index contributed by atoms with van der Waals surface area (Å²) in [5.41, 5.74) is 1.30. The quantitative estimate of drug-likeness (QED) is 0.556. The van der Waals surface area contributed by atoms with E-state index in [9.17, 15) is 13.2 Å². The molecule has 3 rings (SSSR count). The van der Waals surface area contributed by atoms with Crippen LogP contribution in [-0.4, -0.2) is 21.4 Å². The number of benzene rings is 3. The standard InChI is InChI=1S/C22H21ClN2O4S/c1-15(16-8-11-18(29-2)12-9-16)24-22(26)20-14-17(10-13-21(20)23)25-30(27,28)19-6-4-3-5-7-19/h3-15,25H,1-2H3,(H,24,26)/t15-/m0/s1. The van der Waals surface area contributed by atoms with Crippen LogP contribution in [0.2, 0.25) is 5.02 Å². The third-order valence-corrected chi connectivity index (χ3v) is 6.21. The van der Waals surface area contributed by atoms with Gasteiger partial charge in [0, 0.05) is 5.69 Å². The molecular formula is C22H21ClN2O4S. The largest absolute Gasteiger partial charge is 0.497 e. The molecule has 0 heterocycles. The molecular weight excluding hydrogens is 424 g/mol. The molecule has 3 aromatic rings. The lowest BCUT2D eigenvalue weighted by molar-refractivity contribution is 0.0940. The first-order chi connectivity index (χ1) is 14.3. The molecule has 156 valence electrons. The Balaban J connectivity index is 1.78. The maximum atomic E-state index is 12.8. The van der Waals surface area contributed by atoms with Crippen LogP contribution in [0.3, 0.4) is 0 Å². The zero-order valence-electron chi connectivity index (χ0n) is 16.4. The number of sulfonamides is 1. The average molecular weight is 445 g/mol. The number of carbonyl (C=O) groups excluding carboxylic acids is 1. The lowest BCUT2D eigenvalue weighted by atomic mass is 10.1. The number of hydrogen-bond donors (Lipinski definition) is 2. The smallest absolute Gasteiger partial charge is 0.261 e. The summed E-state index contributed by atoms with van der Waals surface area (Å²) in [6.07, 6.45) is 0. The minimum absolute atomic E-state index is 0.124. The molecule has 0 fully saturated rings. The summed E-state index contributed by atoms with van der Waals surface area (Å²) < 4.78 is 32.7. The van der Waals surface area contributed by atoms with Gasteiger partial charge in [0.25, 0.3) is 15.9 Å². The normalized spacial score (nSPS) is 12.1. The number of nitrogens with one attached hydrogen (secondary N) is 2. The number of rotatable bonds is 7. The fraction of sp³-hybridized carbons (Fsp3) is 0.136. The van der Waals surface area contributed by atoms with E-state index in [1.807, 2.05) is 31.2 Å². The highest BCUT2D eigenvalue weighted by Gasteiger charge is 2.18. The van der Waals surface area contributed by atoms with Gasteiger partial charge in [0.2, 0.25) is 0 Å². The molecule has 0 aliphatic carbocycles. The van der Waals surface area contributed by atoms with E-state index in [1.165, 1.54) is 30.3 Å². The molecule has 0 saturated heterocycles. The van der Waals surface area contributed by atoms with E-state index in [2.05, 4.69) is 10.0 Å². The van der Waals surface area contributed by atoms with Crippen LogP contribution in [0, 0.1) is 0 Å². The number of carbonyl (C=O) groups is 1. The van der Waals surface area contributed by atoms with Crippen LogP contribution < -0.4 is 14.8 Å². The molecule has 0 saturated carbocycles. The third-order valence-electron chi connectivity index (χ3n) is 4.48. The Morgan fingerprint density at radius 3 is 2.30 bits per heavy atom. The van der Waals surface area contributed by atoms with Crippen LogP contribution in [0.5, 0.6) is 5.75 Å². The number of hydrogen-bond acceptors (Lipinski definition) is 4. The second-order valence-corrected chi connectivity index (χ2v) is 8.67. The van der Waals surface area contributed by atoms with Crippen molar-refractivity contribution in [2.75, 3.05) is 11.8 Å². The van der Waals surface area contributed by atoms with Crippen molar-refractivity contribution in [2.24, 2.45) is 0 Å². The molecule has 2 N–H and O–H groups in total. The van der Waals surface area contributed by atoms with Crippen molar-refractivity contribution in [2.45, 2.75) is 17.9 Å². The predicted octanol–water partition coefficient (Wildman–Crippen LogP) is 4.64. The monoisotopic (exact) mass is 444 g/mol. The highest BCUT2D eigenvalue weighted by molar-refractivity contribution is 7.92. The Hall–Kier alpha value is -3.03. The van der Waals surface area contributed by atoms with E-state index in [0.717, 1.165) is 11.3 Å². The minimum Gasteiger partial charge on any atom is -0.497 e. The number of methoxy groups -OCH3 is 1. The van der Waals surface area contributed by atoms with Gasteiger partial charge < -0.3 is 10.1 Å². The Bertz CT molecular complexity index is 1130. The molecule has 0 spiro atoms. The summed E-state index contributed by atoms with van der Waals surface area (Å²) in [4.78, 5) is 12.9. The molecule has 3 aromatic carbocycles. The van der Waals surface area contributed by atoms with E-state index in [4.69, 9.17) is 16.3 Å². The number of anilines is 1. The van der Waals surface area contributed by atoms with Gasteiger partial charge in [-0.2, -0.15) is 0 Å². The van der Waals surface area contributed by atoms with Crippen LogP contribution in [0.15, 0.2) is 77.7 Å². The van der Waals surface area contributed by atoms with Crippen molar-refractivity contribution in [3.63, 3.8) is 0 Å². The van der Waals surface area contributed by atoms with Crippen molar-refractivity contribution in [1.82, 2.24) is 5.32 Å². The fourth-order valence-electron chi connectivity index (χ4n) is 2.83. The van der Waals surface area contributed by atoms with Gasteiger partial charge in [-0.05, 0) is 55.0 Å². The SMILES string of the molecule is COc1ccc([C@H](C)NC(=O)c2cc(NS(=O)(=O)c3ccccc3)ccc2Cl)cc1. The second-order valence-electron chi connectivity index (χ2n) is 6.58. The van der Waals surface area contributed by atoms with E-state index >= 15 is 0 Å². The van der Waals surface area contributed by atoms with Crippen LogP contribution in [0.25, 0.3) is 0 Å². The molecule has 0 radical (unpaired) electrons. The van der Waals surface area contributed by atoms with Gasteiger partial charge in [0.05, 0.1) is 28.6 Å². The van der Waals surface area contributed by atoms with E-state index in [0.29, 0.717) is 0 Å². The van der Waals surface area contributed by atoms with Gasteiger partial charge in [0.15, 0.2) is 0 Å². The zero-order chi connectivity index (χ0) is 21.7. The van der Waals surface area contributed by atoms with Crippen LogP contribution >= 0.6 is 11.6 Å². The summed E-state index contributed by atoms with van der Waals surface area (Å²) in [7, 11) is -2.19. The lowest BCUT2D eigenvalue weighted by Gasteiger charge is -2.16. The van der Waals surface area contributed by atoms with Gasteiger partial charge in [-0.3, -0.25) is 9.52 Å². The number of ether oxygens (including phenoxy) is 1. The summed E-state index contributed by atoms with van der Waals surface area (Å²) >= 11 is 6.19. The first-order valence-electron chi connectivity index (χ1n) is 9.12. The molecule has 0 aliphatic rings. The highest BCUT2D eigenvalue weighted by Crippen LogP contribution is 2.24. The van der Waals surface area contributed by atoms with Crippen molar-refractivity contribution in [3.8, 4) is 5.75 Å². The summed E-state index contributed by atoms with van der Waals surface area (Å²) in [5.74, 6) is 0.308. The first kappa shape index (κ1) is 21.7. The lowest BCUT2D eigenvalue weighted by Crippen LogP contribution is -2.27. The van der Waals surface area contributed by atoms with Gasteiger partial charge in [-0.1, -0.05) is 41.9 Å². The molecule has 6 nitrogen and oxygen atoms in total. The summed E-state index contributed by atoms with van der Waals surface area (Å²) in [5, 5.41) is 3.09. The molecule has 8 heteroatoms. The molecule has 1 atom stereocenters. The van der Waals surface area contributed by atoms with E-state index < -0.39 is 15.9 Å². The van der Waals surface area contributed by atoms with Crippen molar-refractivity contribution in [1.29, 1.82) is 0 Å². The van der Waals surface area contributed by atoms with Gasteiger partial charge in [-0.25, -0.2) is 8.42 Å². The van der Waals surface area contributed by atoms with E-state index in [-0.39, 0.29) is 27.2 Å².